The van der Waals surface area contributed by atoms with Gasteiger partial charge in [-0.15, -0.1) is 5.10 Å². The molecular formula is C19H18BrN5O3. The summed E-state index contributed by atoms with van der Waals surface area (Å²) in [7, 11) is 1.57. The lowest BCUT2D eigenvalue weighted by Gasteiger charge is -2.07. The molecule has 0 radical (unpaired) electrons. The normalized spacial score (nSPS) is 10.4. The number of amides is 2. The first-order chi connectivity index (χ1) is 13.5. The van der Waals surface area contributed by atoms with Crippen molar-refractivity contribution in [3.8, 4) is 11.4 Å². The third-order valence-corrected chi connectivity index (χ3v) is 4.47. The lowest BCUT2D eigenvalue weighted by molar-refractivity contribution is -0.115. The summed E-state index contributed by atoms with van der Waals surface area (Å²) in [6.45, 7) is 1.55. The van der Waals surface area contributed by atoms with Crippen LogP contribution < -0.4 is 15.4 Å². The van der Waals surface area contributed by atoms with Gasteiger partial charge in [-0.25, -0.2) is 4.68 Å². The average molecular weight is 444 g/mol. The first kappa shape index (κ1) is 19.6. The molecule has 2 N–H and O–H groups in total. The highest BCUT2D eigenvalue weighted by Gasteiger charge is 2.18. The average Bonchev–Trinajstić information content (AvgIpc) is 3.09. The van der Waals surface area contributed by atoms with E-state index in [9.17, 15) is 9.59 Å². The Morgan fingerprint density at radius 1 is 1.18 bits per heavy atom. The minimum absolute atomic E-state index is 0.152. The highest BCUT2D eigenvalue weighted by molar-refractivity contribution is 9.10. The molecule has 0 unspecified atom stereocenters. The topological polar surface area (TPSA) is 98.1 Å². The maximum absolute atomic E-state index is 12.4. The summed E-state index contributed by atoms with van der Waals surface area (Å²) in [5.41, 5.74) is 2.07. The Bertz CT molecular complexity index is 1000. The molecule has 3 aromatic rings. The molecule has 1 aromatic heterocycles. The van der Waals surface area contributed by atoms with E-state index in [2.05, 4.69) is 36.9 Å². The lowest BCUT2D eigenvalue weighted by Crippen LogP contribution is -2.33. The molecule has 8 nitrogen and oxygen atoms in total. The highest BCUT2D eigenvalue weighted by atomic mass is 79.9. The number of halogens is 1. The van der Waals surface area contributed by atoms with Crippen LogP contribution in [0.25, 0.3) is 5.69 Å². The van der Waals surface area contributed by atoms with Gasteiger partial charge in [0.25, 0.3) is 5.91 Å². The van der Waals surface area contributed by atoms with Crippen molar-refractivity contribution in [1.29, 1.82) is 0 Å². The van der Waals surface area contributed by atoms with Gasteiger partial charge in [-0.3, -0.25) is 9.59 Å². The lowest BCUT2D eigenvalue weighted by atomic mass is 10.2. The van der Waals surface area contributed by atoms with Gasteiger partial charge in [0, 0.05) is 16.2 Å². The fraction of sp³-hybridized carbons (Fsp3) is 0.158. The van der Waals surface area contributed by atoms with Gasteiger partial charge < -0.3 is 15.4 Å². The zero-order chi connectivity index (χ0) is 20.1. The van der Waals surface area contributed by atoms with Crippen LogP contribution in [0, 0.1) is 6.92 Å². The molecule has 2 aromatic carbocycles. The summed E-state index contributed by atoms with van der Waals surface area (Å²) < 4.78 is 7.65. The maximum Gasteiger partial charge on any atom is 0.274 e. The number of ether oxygens (including phenoxy) is 1. The molecule has 2 amide bonds. The van der Waals surface area contributed by atoms with Gasteiger partial charge in [-0.1, -0.05) is 27.2 Å². The first-order valence-electron chi connectivity index (χ1n) is 8.38. The van der Waals surface area contributed by atoms with Crippen molar-refractivity contribution in [2.75, 3.05) is 19.0 Å². The Hall–Kier alpha value is -3.20. The Morgan fingerprint density at radius 2 is 1.93 bits per heavy atom. The third-order valence-electron chi connectivity index (χ3n) is 3.95. The number of nitrogens with zero attached hydrogens (tertiary/aromatic N) is 3. The van der Waals surface area contributed by atoms with Crippen molar-refractivity contribution in [3.05, 3.63) is 64.4 Å². The van der Waals surface area contributed by atoms with Crippen LogP contribution in [0.1, 0.15) is 16.2 Å². The number of anilines is 1. The van der Waals surface area contributed by atoms with Gasteiger partial charge in [0.2, 0.25) is 5.91 Å². The van der Waals surface area contributed by atoms with E-state index in [1.165, 1.54) is 0 Å². The molecule has 0 fully saturated rings. The van der Waals surface area contributed by atoms with Crippen molar-refractivity contribution < 1.29 is 14.3 Å². The predicted octanol–water partition coefficient (Wildman–Crippen LogP) is 2.72. The summed E-state index contributed by atoms with van der Waals surface area (Å²) in [5.74, 6) is -0.144. The summed E-state index contributed by atoms with van der Waals surface area (Å²) in [4.78, 5) is 24.4. The number of hydrogen-bond donors (Lipinski definition) is 2. The number of methoxy groups -OCH3 is 1. The second-order valence-electron chi connectivity index (χ2n) is 5.87. The van der Waals surface area contributed by atoms with Crippen LogP contribution >= 0.6 is 15.9 Å². The van der Waals surface area contributed by atoms with Gasteiger partial charge in [0.1, 0.15) is 5.75 Å². The summed E-state index contributed by atoms with van der Waals surface area (Å²) in [6, 6.07) is 14.4. The molecule has 3 rings (SSSR count). The predicted molar refractivity (Wildman–Crippen MR) is 108 cm³/mol. The summed E-state index contributed by atoms with van der Waals surface area (Å²) in [5, 5.41) is 13.2. The second kappa shape index (κ2) is 8.66. The number of benzene rings is 2. The van der Waals surface area contributed by atoms with E-state index in [0.29, 0.717) is 17.1 Å². The molecule has 0 saturated heterocycles. The SMILES string of the molecule is COc1cccc(-n2nnc(C(=O)NCC(=O)Nc3ccc(Br)cc3)c2C)c1. The third kappa shape index (κ3) is 4.55. The zero-order valence-electron chi connectivity index (χ0n) is 15.3. The van der Waals surface area contributed by atoms with Crippen LogP contribution in [0.3, 0.4) is 0 Å². The fourth-order valence-electron chi connectivity index (χ4n) is 2.51. The van der Waals surface area contributed by atoms with Gasteiger partial charge in [0.05, 0.1) is 25.0 Å². The smallest absolute Gasteiger partial charge is 0.274 e. The Kier molecular flexibility index (Phi) is 6.05. The molecule has 0 atom stereocenters. The van der Waals surface area contributed by atoms with Crippen molar-refractivity contribution >= 4 is 33.4 Å². The number of rotatable bonds is 6. The first-order valence-corrected chi connectivity index (χ1v) is 9.17. The number of hydrogen-bond acceptors (Lipinski definition) is 5. The van der Waals surface area contributed by atoms with Gasteiger partial charge >= 0.3 is 0 Å². The van der Waals surface area contributed by atoms with Gasteiger partial charge in [-0.2, -0.15) is 0 Å². The largest absolute Gasteiger partial charge is 0.497 e. The Morgan fingerprint density at radius 3 is 2.64 bits per heavy atom. The standard InChI is InChI=1S/C19H18BrN5O3/c1-12-18(23-24-25(12)15-4-3-5-16(10-15)28-2)19(27)21-11-17(26)22-14-8-6-13(20)7-9-14/h3-10H,11H2,1-2H3,(H,21,27)(H,22,26). The molecule has 1 heterocycles. The molecule has 0 aliphatic rings. The van der Waals surface area contributed by atoms with Gasteiger partial charge in [-0.05, 0) is 43.3 Å². The van der Waals surface area contributed by atoms with Crippen molar-refractivity contribution in [1.82, 2.24) is 20.3 Å². The maximum atomic E-state index is 12.4. The van der Waals surface area contributed by atoms with E-state index >= 15 is 0 Å². The van der Waals surface area contributed by atoms with Crippen molar-refractivity contribution in [2.24, 2.45) is 0 Å². The van der Waals surface area contributed by atoms with E-state index in [1.807, 2.05) is 30.3 Å². The summed E-state index contributed by atoms with van der Waals surface area (Å²) in [6.07, 6.45) is 0. The monoisotopic (exact) mass is 443 g/mol. The van der Waals surface area contributed by atoms with E-state index in [1.54, 1.807) is 36.9 Å². The highest BCUT2D eigenvalue weighted by Crippen LogP contribution is 2.18. The van der Waals surface area contributed by atoms with E-state index in [-0.39, 0.29) is 18.1 Å². The van der Waals surface area contributed by atoms with Crippen molar-refractivity contribution in [2.45, 2.75) is 6.92 Å². The van der Waals surface area contributed by atoms with E-state index in [0.717, 1.165) is 10.2 Å². The second-order valence-corrected chi connectivity index (χ2v) is 6.79. The molecule has 0 spiro atoms. The van der Waals surface area contributed by atoms with Crippen LogP contribution in [0.2, 0.25) is 0 Å². The zero-order valence-corrected chi connectivity index (χ0v) is 16.9. The Labute approximate surface area is 170 Å². The summed E-state index contributed by atoms with van der Waals surface area (Å²) >= 11 is 3.33. The molecule has 144 valence electrons. The molecule has 0 aliphatic carbocycles. The van der Waals surface area contributed by atoms with Crippen LogP contribution in [0.5, 0.6) is 5.75 Å². The number of aromatic nitrogens is 3. The Balaban J connectivity index is 1.64. The van der Waals surface area contributed by atoms with Gasteiger partial charge in [0.15, 0.2) is 5.69 Å². The molecule has 0 bridgehead atoms. The van der Waals surface area contributed by atoms with Crippen LogP contribution in [0.4, 0.5) is 5.69 Å². The quantitative estimate of drug-likeness (QED) is 0.610. The van der Waals surface area contributed by atoms with E-state index in [4.69, 9.17) is 4.74 Å². The minimum Gasteiger partial charge on any atom is -0.497 e. The van der Waals surface area contributed by atoms with Crippen LogP contribution in [-0.2, 0) is 4.79 Å². The molecule has 28 heavy (non-hydrogen) atoms. The van der Waals surface area contributed by atoms with Crippen LogP contribution in [0.15, 0.2) is 53.0 Å². The fourth-order valence-corrected chi connectivity index (χ4v) is 2.77. The van der Waals surface area contributed by atoms with Crippen molar-refractivity contribution in [3.63, 3.8) is 0 Å². The molecule has 9 heteroatoms. The molecule has 0 aliphatic heterocycles. The number of nitrogens with one attached hydrogen (secondary N) is 2. The minimum atomic E-state index is -0.474. The molecular weight excluding hydrogens is 426 g/mol. The number of carbonyl (C=O) groups is 2. The molecule has 0 saturated carbocycles. The van der Waals surface area contributed by atoms with Crippen LogP contribution in [-0.4, -0.2) is 40.5 Å². The number of carbonyl (C=O) groups excluding carboxylic acids is 2. The van der Waals surface area contributed by atoms with E-state index < -0.39 is 5.91 Å².